The number of allylic oxidation sites excluding steroid dienone is 1. The average molecular weight is 493 g/mol. The highest BCUT2D eigenvalue weighted by Crippen LogP contribution is 2.45. The molecule has 6 nitrogen and oxygen atoms in total. The molecule has 0 bridgehead atoms. The van der Waals surface area contributed by atoms with E-state index in [1.54, 1.807) is 0 Å². The van der Waals surface area contributed by atoms with E-state index in [2.05, 4.69) is 32.3 Å². The molecule has 1 amide bonds. The van der Waals surface area contributed by atoms with E-state index in [0.29, 0.717) is 18.7 Å². The van der Waals surface area contributed by atoms with Crippen molar-refractivity contribution < 1.29 is 9.53 Å². The highest BCUT2D eigenvalue weighted by Gasteiger charge is 2.43. The lowest BCUT2D eigenvalue weighted by Gasteiger charge is -2.46. The van der Waals surface area contributed by atoms with Crippen molar-refractivity contribution in [2.75, 3.05) is 13.1 Å². The number of benzene rings is 2. The summed E-state index contributed by atoms with van der Waals surface area (Å²) in [5, 5.41) is 3.73. The summed E-state index contributed by atoms with van der Waals surface area (Å²) in [6.45, 7) is 3.28. The summed E-state index contributed by atoms with van der Waals surface area (Å²) in [5.74, 6) is 1.93. The molecule has 0 radical (unpaired) electrons. The highest BCUT2D eigenvalue weighted by molar-refractivity contribution is 9.10. The molecule has 1 N–H and O–H groups in total. The standard InChI is InChI=1S/C25H25BrN4O2/c1-15-27-20-13-17(5-7-21(20)29(15)2)24(31)30-11-9-25(10-12-30)28-23(16-3-4-16)19-14-18(26)6-8-22(19)32-25/h5-8,13-14,28H,3-4,9-12H2,1-2H3. The Morgan fingerprint density at radius 2 is 1.94 bits per heavy atom. The van der Waals surface area contributed by atoms with Crippen LogP contribution in [0.5, 0.6) is 5.75 Å². The molecule has 0 unspecified atom stereocenters. The number of likely N-dealkylation sites (tertiary alicyclic amines) is 1. The van der Waals surface area contributed by atoms with Crippen LogP contribution < -0.4 is 10.1 Å². The zero-order valence-corrected chi connectivity index (χ0v) is 19.8. The topological polar surface area (TPSA) is 59.4 Å². The molecule has 2 aromatic carbocycles. The van der Waals surface area contributed by atoms with Gasteiger partial charge in [-0.05, 0) is 61.7 Å². The number of hydrogen-bond acceptors (Lipinski definition) is 4. The second-order valence-corrected chi connectivity index (χ2v) is 9.97. The molecule has 1 aromatic heterocycles. The SMILES string of the molecule is Cc1nc2cc(C(=O)N3CCC4(CC3)NC(=C3CC3)c3cc(Br)ccc3O4)ccc2n1C. The second kappa shape index (κ2) is 7.10. The molecule has 32 heavy (non-hydrogen) atoms. The van der Waals surface area contributed by atoms with E-state index in [-0.39, 0.29) is 5.91 Å². The Balaban J connectivity index is 1.23. The Morgan fingerprint density at radius 1 is 1.16 bits per heavy atom. The van der Waals surface area contributed by atoms with Gasteiger partial charge in [0.2, 0.25) is 0 Å². The summed E-state index contributed by atoms with van der Waals surface area (Å²) in [4.78, 5) is 19.8. The number of imidazole rings is 1. The summed E-state index contributed by atoms with van der Waals surface area (Å²) in [5.41, 5.74) is 5.97. The summed E-state index contributed by atoms with van der Waals surface area (Å²) < 4.78 is 9.61. The van der Waals surface area contributed by atoms with Crippen molar-refractivity contribution >= 4 is 38.6 Å². The van der Waals surface area contributed by atoms with Gasteiger partial charge in [-0.15, -0.1) is 0 Å². The molecule has 2 fully saturated rings. The van der Waals surface area contributed by atoms with E-state index in [1.807, 2.05) is 53.8 Å². The fraction of sp³-hybridized carbons (Fsp3) is 0.360. The number of rotatable bonds is 1. The number of carbonyl (C=O) groups is 1. The maximum Gasteiger partial charge on any atom is 0.253 e. The van der Waals surface area contributed by atoms with Gasteiger partial charge >= 0.3 is 0 Å². The lowest BCUT2D eigenvalue weighted by Crippen LogP contribution is -2.58. The van der Waals surface area contributed by atoms with Gasteiger partial charge < -0.3 is 19.5 Å². The minimum absolute atomic E-state index is 0.0611. The Hall–Kier alpha value is -2.80. The monoisotopic (exact) mass is 492 g/mol. The van der Waals surface area contributed by atoms with Gasteiger partial charge in [0.25, 0.3) is 5.91 Å². The molecule has 3 aliphatic rings. The molecular formula is C25H25BrN4O2. The third-order valence-electron chi connectivity index (χ3n) is 6.93. The maximum absolute atomic E-state index is 13.2. The lowest BCUT2D eigenvalue weighted by atomic mass is 9.95. The minimum atomic E-state index is -0.454. The number of carbonyl (C=O) groups excluding carboxylic acids is 1. The highest BCUT2D eigenvalue weighted by atomic mass is 79.9. The summed E-state index contributed by atoms with van der Waals surface area (Å²) in [6.07, 6.45) is 3.78. The summed E-state index contributed by atoms with van der Waals surface area (Å²) >= 11 is 3.59. The van der Waals surface area contributed by atoms with Crippen molar-refractivity contribution in [1.29, 1.82) is 0 Å². The van der Waals surface area contributed by atoms with Crippen LogP contribution in [0.1, 0.15) is 47.4 Å². The van der Waals surface area contributed by atoms with Crippen LogP contribution in [-0.4, -0.2) is 39.2 Å². The Bertz CT molecular complexity index is 1290. The molecule has 164 valence electrons. The van der Waals surface area contributed by atoms with Gasteiger partial charge in [0.1, 0.15) is 11.6 Å². The summed E-state index contributed by atoms with van der Waals surface area (Å²) in [7, 11) is 2.00. The molecule has 1 aliphatic carbocycles. The smallest absolute Gasteiger partial charge is 0.253 e. The van der Waals surface area contributed by atoms with Crippen LogP contribution in [-0.2, 0) is 7.05 Å². The quantitative estimate of drug-likeness (QED) is 0.531. The Morgan fingerprint density at radius 3 is 2.69 bits per heavy atom. The first-order chi connectivity index (χ1) is 15.4. The first-order valence-corrected chi connectivity index (χ1v) is 11.9. The maximum atomic E-state index is 13.2. The zero-order chi connectivity index (χ0) is 22.0. The molecule has 0 atom stereocenters. The molecular weight excluding hydrogens is 468 g/mol. The van der Waals surface area contributed by atoms with Crippen molar-refractivity contribution in [3.63, 3.8) is 0 Å². The number of nitrogens with one attached hydrogen (secondary N) is 1. The van der Waals surface area contributed by atoms with Crippen LogP contribution in [0.4, 0.5) is 0 Å². The van der Waals surface area contributed by atoms with Crippen LogP contribution in [0, 0.1) is 6.92 Å². The van der Waals surface area contributed by atoms with Crippen molar-refractivity contribution in [1.82, 2.24) is 19.8 Å². The lowest BCUT2D eigenvalue weighted by molar-refractivity contribution is -0.0146. The number of fused-ring (bicyclic) bond motifs is 2. The number of piperidine rings is 1. The van der Waals surface area contributed by atoms with Crippen LogP contribution >= 0.6 is 15.9 Å². The molecule has 3 aromatic rings. The van der Waals surface area contributed by atoms with Crippen LogP contribution in [0.25, 0.3) is 16.7 Å². The van der Waals surface area contributed by atoms with Gasteiger partial charge in [-0.2, -0.15) is 0 Å². The van der Waals surface area contributed by atoms with Gasteiger partial charge in [-0.25, -0.2) is 4.98 Å². The number of aromatic nitrogens is 2. The van der Waals surface area contributed by atoms with Crippen LogP contribution in [0.15, 0.2) is 46.4 Å². The van der Waals surface area contributed by atoms with Crippen LogP contribution in [0.3, 0.4) is 0 Å². The van der Waals surface area contributed by atoms with Gasteiger partial charge in [0, 0.05) is 54.3 Å². The fourth-order valence-corrected chi connectivity index (χ4v) is 5.20. The van der Waals surface area contributed by atoms with E-state index in [9.17, 15) is 4.79 Å². The van der Waals surface area contributed by atoms with Crippen LogP contribution in [0.2, 0.25) is 0 Å². The van der Waals surface area contributed by atoms with E-state index in [0.717, 1.165) is 58.3 Å². The first kappa shape index (κ1) is 19.9. The van der Waals surface area contributed by atoms with Crippen molar-refractivity contribution in [3.05, 3.63) is 63.4 Å². The van der Waals surface area contributed by atoms with Crippen molar-refractivity contribution in [2.45, 2.75) is 38.3 Å². The number of halogens is 1. The second-order valence-electron chi connectivity index (χ2n) is 9.05. The zero-order valence-electron chi connectivity index (χ0n) is 18.2. The number of nitrogens with zero attached hydrogens (tertiary/aromatic N) is 3. The number of amides is 1. The molecule has 1 spiro atoms. The number of aryl methyl sites for hydroxylation is 2. The predicted molar refractivity (Wildman–Crippen MR) is 127 cm³/mol. The predicted octanol–water partition coefficient (Wildman–Crippen LogP) is 4.76. The van der Waals surface area contributed by atoms with Gasteiger partial charge in [0.15, 0.2) is 5.72 Å². The van der Waals surface area contributed by atoms with E-state index in [4.69, 9.17) is 4.74 Å². The normalized spacial score (nSPS) is 19.0. The first-order valence-electron chi connectivity index (χ1n) is 11.1. The number of ether oxygens (including phenoxy) is 1. The fourth-order valence-electron chi connectivity index (χ4n) is 4.84. The number of hydrogen-bond donors (Lipinski definition) is 1. The van der Waals surface area contributed by atoms with E-state index >= 15 is 0 Å². The molecule has 1 saturated heterocycles. The van der Waals surface area contributed by atoms with Gasteiger partial charge in [-0.3, -0.25) is 4.79 Å². The third kappa shape index (κ3) is 3.22. The third-order valence-corrected chi connectivity index (χ3v) is 7.43. The van der Waals surface area contributed by atoms with E-state index in [1.165, 1.54) is 11.3 Å². The molecule has 6 rings (SSSR count). The van der Waals surface area contributed by atoms with E-state index < -0.39 is 5.72 Å². The van der Waals surface area contributed by atoms with Gasteiger partial charge in [0.05, 0.1) is 11.0 Å². The Kier molecular flexibility index (Phi) is 4.41. The summed E-state index contributed by atoms with van der Waals surface area (Å²) in [6, 6.07) is 12.0. The largest absolute Gasteiger partial charge is 0.467 e. The van der Waals surface area contributed by atoms with Crippen molar-refractivity contribution in [3.8, 4) is 5.75 Å². The van der Waals surface area contributed by atoms with Gasteiger partial charge in [-0.1, -0.05) is 15.9 Å². The molecule has 3 heterocycles. The van der Waals surface area contributed by atoms with Crippen molar-refractivity contribution in [2.24, 2.45) is 7.05 Å². The Labute approximate surface area is 195 Å². The molecule has 2 aliphatic heterocycles. The molecule has 1 saturated carbocycles. The minimum Gasteiger partial charge on any atom is -0.467 e. The molecule has 7 heteroatoms. The average Bonchev–Trinajstić information content (AvgIpc) is 3.60.